The number of hydrogen-bond acceptors (Lipinski definition) is 4. The fourth-order valence-corrected chi connectivity index (χ4v) is 3.70. The van der Waals surface area contributed by atoms with Crippen LogP contribution in [0.5, 0.6) is 0 Å². The molecular weight excluding hydrogens is 264 g/mol. The number of carboxylic acids is 1. The molecule has 19 heavy (non-hydrogen) atoms. The minimum atomic E-state index is -0.765. The molecule has 0 aromatic heterocycles. The molecule has 1 aliphatic carbocycles. The van der Waals surface area contributed by atoms with Gasteiger partial charge in [-0.25, -0.2) is 0 Å². The molecule has 2 rings (SSSR count). The van der Waals surface area contributed by atoms with Gasteiger partial charge in [0.15, 0.2) is 0 Å². The molecule has 5 nitrogen and oxygen atoms in total. The van der Waals surface area contributed by atoms with Gasteiger partial charge in [0.25, 0.3) is 0 Å². The van der Waals surface area contributed by atoms with Crippen LogP contribution < -0.4 is 10.6 Å². The summed E-state index contributed by atoms with van der Waals surface area (Å²) in [5.74, 6) is 1.36. The van der Waals surface area contributed by atoms with Crippen molar-refractivity contribution in [2.75, 3.05) is 24.6 Å². The lowest BCUT2D eigenvalue weighted by atomic mass is 9.66. The zero-order chi connectivity index (χ0) is 13.7. The monoisotopic (exact) mass is 286 g/mol. The second kappa shape index (κ2) is 6.61. The van der Waals surface area contributed by atoms with Crippen LogP contribution in [-0.2, 0) is 9.59 Å². The van der Waals surface area contributed by atoms with Crippen molar-refractivity contribution in [3.63, 3.8) is 0 Å². The molecule has 1 saturated carbocycles. The van der Waals surface area contributed by atoms with Crippen LogP contribution in [0.2, 0.25) is 0 Å². The number of thioether (sulfide) groups is 1. The van der Waals surface area contributed by atoms with E-state index >= 15 is 0 Å². The maximum atomic E-state index is 11.9. The molecule has 2 fully saturated rings. The van der Waals surface area contributed by atoms with E-state index in [1.54, 1.807) is 0 Å². The van der Waals surface area contributed by atoms with Crippen LogP contribution in [0.4, 0.5) is 0 Å². The summed E-state index contributed by atoms with van der Waals surface area (Å²) in [5.41, 5.74) is -0.184. The lowest BCUT2D eigenvalue weighted by Gasteiger charge is -2.41. The highest BCUT2D eigenvalue weighted by Crippen LogP contribution is 2.43. The summed E-state index contributed by atoms with van der Waals surface area (Å²) in [5, 5.41) is 15.2. The largest absolute Gasteiger partial charge is 0.481 e. The zero-order valence-corrected chi connectivity index (χ0v) is 11.9. The summed E-state index contributed by atoms with van der Waals surface area (Å²) in [4.78, 5) is 22.7. The summed E-state index contributed by atoms with van der Waals surface area (Å²) in [6, 6.07) is 0.260. The highest BCUT2D eigenvalue weighted by molar-refractivity contribution is 7.99. The standard InChI is InChI=1S/C13H22N2O3S/c16-11(6-10-8-19-5-4-14-10)15-9-13(2-1-3-13)7-12(17)18/h10,14H,1-9H2,(H,15,16)(H,17,18). The molecule has 1 saturated heterocycles. The quantitative estimate of drug-likeness (QED) is 0.674. The van der Waals surface area contributed by atoms with Gasteiger partial charge in [-0.3, -0.25) is 9.59 Å². The Morgan fingerprint density at radius 1 is 1.42 bits per heavy atom. The molecule has 108 valence electrons. The summed E-state index contributed by atoms with van der Waals surface area (Å²) >= 11 is 1.87. The molecule has 3 N–H and O–H groups in total. The van der Waals surface area contributed by atoms with Gasteiger partial charge in [-0.1, -0.05) is 6.42 Å². The average Bonchev–Trinajstić information content (AvgIpc) is 2.33. The van der Waals surface area contributed by atoms with Crippen LogP contribution in [0.15, 0.2) is 0 Å². The van der Waals surface area contributed by atoms with E-state index in [1.807, 2.05) is 11.8 Å². The minimum Gasteiger partial charge on any atom is -0.481 e. The summed E-state index contributed by atoms with van der Waals surface area (Å²) < 4.78 is 0. The Morgan fingerprint density at radius 2 is 2.21 bits per heavy atom. The van der Waals surface area contributed by atoms with Gasteiger partial charge in [-0.15, -0.1) is 0 Å². The molecule has 0 bridgehead atoms. The number of amides is 1. The molecule has 0 aromatic carbocycles. The van der Waals surface area contributed by atoms with E-state index in [0.29, 0.717) is 13.0 Å². The molecule has 0 aromatic rings. The number of hydrogen-bond donors (Lipinski definition) is 3. The van der Waals surface area contributed by atoms with Gasteiger partial charge in [-0.2, -0.15) is 11.8 Å². The van der Waals surface area contributed by atoms with Gasteiger partial charge in [0.2, 0.25) is 5.91 Å². The lowest BCUT2D eigenvalue weighted by Crippen LogP contribution is -2.46. The van der Waals surface area contributed by atoms with Crippen molar-refractivity contribution in [2.45, 2.75) is 38.1 Å². The minimum absolute atomic E-state index is 0.0386. The van der Waals surface area contributed by atoms with Crippen LogP contribution >= 0.6 is 11.8 Å². The molecule has 1 amide bonds. The summed E-state index contributed by atoms with van der Waals surface area (Å²) in [6.45, 7) is 1.48. The molecular formula is C13H22N2O3S. The summed E-state index contributed by atoms with van der Waals surface area (Å²) in [7, 11) is 0. The van der Waals surface area contributed by atoms with Crippen LogP contribution in [0.25, 0.3) is 0 Å². The first-order chi connectivity index (χ1) is 9.10. The van der Waals surface area contributed by atoms with Gasteiger partial charge in [0.1, 0.15) is 0 Å². The highest BCUT2D eigenvalue weighted by atomic mass is 32.2. The van der Waals surface area contributed by atoms with E-state index in [1.165, 1.54) is 0 Å². The second-order valence-electron chi connectivity index (χ2n) is 5.63. The fourth-order valence-electron chi connectivity index (χ4n) is 2.75. The van der Waals surface area contributed by atoms with Gasteiger partial charge in [0, 0.05) is 37.1 Å². The third kappa shape index (κ3) is 4.38. The Hall–Kier alpha value is -0.750. The van der Waals surface area contributed by atoms with E-state index in [9.17, 15) is 9.59 Å². The number of nitrogens with one attached hydrogen (secondary N) is 2. The van der Waals surface area contributed by atoms with Crippen LogP contribution in [0.3, 0.4) is 0 Å². The molecule has 1 heterocycles. The third-order valence-corrected chi connectivity index (χ3v) is 5.16. The number of carbonyl (C=O) groups excluding carboxylic acids is 1. The van der Waals surface area contributed by atoms with Crippen molar-refractivity contribution in [3.05, 3.63) is 0 Å². The molecule has 1 unspecified atom stereocenters. The van der Waals surface area contributed by atoms with E-state index in [-0.39, 0.29) is 23.8 Å². The molecule has 0 spiro atoms. The van der Waals surface area contributed by atoms with Gasteiger partial charge >= 0.3 is 5.97 Å². The molecule has 2 aliphatic rings. The van der Waals surface area contributed by atoms with Gasteiger partial charge in [0.05, 0.1) is 6.42 Å². The van der Waals surface area contributed by atoms with Crippen molar-refractivity contribution >= 4 is 23.6 Å². The van der Waals surface area contributed by atoms with Crippen molar-refractivity contribution in [1.29, 1.82) is 0 Å². The first-order valence-electron chi connectivity index (χ1n) is 6.89. The van der Waals surface area contributed by atoms with Gasteiger partial charge in [-0.05, 0) is 18.3 Å². The SMILES string of the molecule is O=C(O)CC1(CNC(=O)CC2CSCCN2)CCC1. The van der Waals surface area contributed by atoms with Crippen LogP contribution in [-0.4, -0.2) is 47.6 Å². The fraction of sp³-hybridized carbons (Fsp3) is 0.846. The Morgan fingerprint density at radius 3 is 2.74 bits per heavy atom. The van der Waals surface area contributed by atoms with E-state index < -0.39 is 5.97 Å². The van der Waals surface area contributed by atoms with Crippen molar-refractivity contribution in [2.24, 2.45) is 5.41 Å². The molecule has 0 radical (unpaired) electrons. The zero-order valence-electron chi connectivity index (χ0n) is 11.1. The van der Waals surface area contributed by atoms with Crippen molar-refractivity contribution in [1.82, 2.24) is 10.6 Å². The molecule has 1 atom stereocenters. The third-order valence-electron chi connectivity index (χ3n) is 4.03. The predicted octanol–water partition coefficient (Wildman–Crippen LogP) is 0.843. The summed E-state index contributed by atoms with van der Waals surface area (Å²) in [6.07, 6.45) is 3.57. The maximum Gasteiger partial charge on any atom is 0.303 e. The normalized spacial score (nSPS) is 25.4. The number of aliphatic carboxylic acids is 1. The first-order valence-corrected chi connectivity index (χ1v) is 8.05. The van der Waals surface area contributed by atoms with Crippen molar-refractivity contribution in [3.8, 4) is 0 Å². The van der Waals surface area contributed by atoms with Crippen LogP contribution in [0, 0.1) is 5.41 Å². The first kappa shape index (κ1) is 14.7. The predicted molar refractivity (Wildman–Crippen MR) is 75.3 cm³/mol. The topological polar surface area (TPSA) is 78.4 Å². The second-order valence-corrected chi connectivity index (χ2v) is 6.78. The Labute approximate surface area is 117 Å². The average molecular weight is 286 g/mol. The Balaban J connectivity index is 1.71. The lowest BCUT2D eigenvalue weighted by molar-refractivity contribution is -0.141. The Kier molecular flexibility index (Phi) is 5.10. The number of carbonyl (C=O) groups is 2. The molecule has 6 heteroatoms. The van der Waals surface area contributed by atoms with E-state index in [2.05, 4.69) is 10.6 Å². The maximum absolute atomic E-state index is 11.9. The highest BCUT2D eigenvalue weighted by Gasteiger charge is 2.39. The molecule has 1 aliphatic heterocycles. The Bertz CT molecular complexity index is 339. The van der Waals surface area contributed by atoms with Crippen molar-refractivity contribution < 1.29 is 14.7 Å². The van der Waals surface area contributed by atoms with Gasteiger partial charge < -0.3 is 15.7 Å². The number of carboxylic acid groups (broad SMARTS) is 1. The van der Waals surface area contributed by atoms with Crippen LogP contribution in [0.1, 0.15) is 32.1 Å². The number of rotatable bonds is 6. The van der Waals surface area contributed by atoms with E-state index in [0.717, 1.165) is 37.3 Å². The smallest absolute Gasteiger partial charge is 0.303 e. The van der Waals surface area contributed by atoms with E-state index in [4.69, 9.17) is 5.11 Å².